The molecule has 0 aliphatic rings. The van der Waals surface area contributed by atoms with E-state index >= 15 is 0 Å². The van der Waals surface area contributed by atoms with Gasteiger partial charge in [-0.2, -0.15) is 0 Å². The van der Waals surface area contributed by atoms with Crippen molar-refractivity contribution in [3.05, 3.63) is 63.2 Å². The van der Waals surface area contributed by atoms with Crippen molar-refractivity contribution in [1.82, 2.24) is 4.57 Å². The van der Waals surface area contributed by atoms with E-state index in [-0.39, 0.29) is 40.2 Å². The molecule has 0 fully saturated rings. The van der Waals surface area contributed by atoms with Crippen LogP contribution >= 0.6 is 11.6 Å². The highest BCUT2D eigenvalue weighted by Gasteiger charge is 2.23. The van der Waals surface area contributed by atoms with Gasteiger partial charge < -0.3 is 24.3 Å². The number of methoxy groups -OCH3 is 1. The second kappa shape index (κ2) is 8.95. The van der Waals surface area contributed by atoms with E-state index in [0.29, 0.717) is 5.52 Å². The van der Waals surface area contributed by atoms with Crippen LogP contribution in [0.3, 0.4) is 0 Å². The molecule has 7 nitrogen and oxygen atoms in total. The summed E-state index contributed by atoms with van der Waals surface area (Å²) in [4.78, 5) is 24.6. The molecule has 2 N–H and O–H groups in total. The van der Waals surface area contributed by atoms with Gasteiger partial charge in [0.15, 0.2) is 23.1 Å². The van der Waals surface area contributed by atoms with Gasteiger partial charge in [-0.05, 0) is 24.1 Å². The molecule has 2 aromatic carbocycles. The van der Waals surface area contributed by atoms with Crippen molar-refractivity contribution >= 4 is 28.5 Å². The number of pyridine rings is 1. The molecular weight excluding hydrogens is 429 g/mol. The average Bonchev–Trinajstić information content (AvgIpc) is 2.72. The van der Waals surface area contributed by atoms with Gasteiger partial charge in [0.05, 0.1) is 35.7 Å². The van der Waals surface area contributed by atoms with Gasteiger partial charge in [0.25, 0.3) is 0 Å². The Kier molecular flexibility index (Phi) is 6.52. The first kappa shape index (κ1) is 22.6. The van der Waals surface area contributed by atoms with Crippen LogP contribution in [-0.4, -0.2) is 34.5 Å². The Hall–Kier alpha value is -3.10. The van der Waals surface area contributed by atoms with Crippen LogP contribution in [0.4, 0.5) is 4.39 Å². The molecule has 0 aliphatic heterocycles. The lowest BCUT2D eigenvalue weighted by Crippen LogP contribution is -2.25. The molecule has 0 spiro atoms. The molecule has 9 heteroatoms. The van der Waals surface area contributed by atoms with Crippen LogP contribution in [0, 0.1) is 11.7 Å². The fourth-order valence-corrected chi connectivity index (χ4v) is 3.49. The Bertz CT molecular complexity index is 1210. The Morgan fingerprint density at radius 2 is 1.94 bits per heavy atom. The quantitative estimate of drug-likeness (QED) is 0.551. The largest absolute Gasteiger partial charge is 0.493 e. The molecule has 1 aromatic heterocycles. The monoisotopic (exact) mass is 449 g/mol. The maximum atomic E-state index is 14.3. The summed E-state index contributed by atoms with van der Waals surface area (Å²) in [5, 5.41) is 19.3. The molecule has 164 valence electrons. The third kappa shape index (κ3) is 4.22. The Morgan fingerprint density at radius 3 is 2.52 bits per heavy atom. The summed E-state index contributed by atoms with van der Waals surface area (Å²) in [5.74, 6) is -2.26. The molecular formula is C22H21ClFNO6. The van der Waals surface area contributed by atoms with Gasteiger partial charge >= 0.3 is 5.97 Å². The standard InChI is InChI=1S/C22H21ClFNO6/c1-11(2)16(10-26)25-9-13(22(28)29)21(27)12-7-19(18(30-3)8-15(12)25)31-17-6-4-5-14(23)20(17)24/h4-9,11,16,26H,10H2,1-3H3,(H,28,29)/t16-/m1/s1. The minimum absolute atomic E-state index is 0.00690. The van der Waals surface area contributed by atoms with Crippen LogP contribution in [0.25, 0.3) is 10.9 Å². The number of aromatic carboxylic acids is 1. The van der Waals surface area contributed by atoms with Gasteiger partial charge in [-0.25, -0.2) is 9.18 Å². The van der Waals surface area contributed by atoms with Gasteiger partial charge in [0, 0.05) is 12.3 Å². The summed E-state index contributed by atoms with van der Waals surface area (Å²) in [6.07, 6.45) is 1.21. The van der Waals surface area contributed by atoms with Crippen molar-refractivity contribution in [2.75, 3.05) is 13.7 Å². The zero-order chi connectivity index (χ0) is 22.9. The predicted octanol–water partition coefficient (Wildman–Crippen LogP) is 4.48. The second-order valence-corrected chi connectivity index (χ2v) is 7.66. The maximum absolute atomic E-state index is 14.3. The molecule has 3 rings (SSSR count). The molecule has 3 aromatic rings. The lowest BCUT2D eigenvalue weighted by Gasteiger charge is -2.25. The van der Waals surface area contributed by atoms with Crippen LogP contribution in [0.5, 0.6) is 17.2 Å². The SMILES string of the molecule is COc1cc2c(cc1Oc1cccc(Cl)c1F)c(=O)c(C(=O)O)cn2[C@H](CO)C(C)C. The van der Waals surface area contributed by atoms with Crippen LogP contribution in [0.2, 0.25) is 5.02 Å². The first-order valence-corrected chi connectivity index (χ1v) is 9.80. The van der Waals surface area contributed by atoms with Gasteiger partial charge in [-0.3, -0.25) is 4.79 Å². The summed E-state index contributed by atoms with van der Waals surface area (Å²) >= 11 is 5.80. The fourth-order valence-electron chi connectivity index (χ4n) is 3.32. The maximum Gasteiger partial charge on any atom is 0.341 e. The molecule has 1 atom stereocenters. The number of hydrogen-bond donors (Lipinski definition) is 2. The van der Waals surface area contributed by atoms with Crippen molar-refractivity contribution < 1.29 is 28.9 Å². The number of rotatable bonds is 7. The third-order valence-electron chi connectivity index (χ3n) is 5.00. The number of nitrogens with zero attached hydrogens (tertiary/aromatic N) is 1. The molecule has 0 amide bonds. The Balaban J connectivity index is 2.32. The van der Waals surface area contributed by atoms with E-state index in [1.54, 1.807) is 0 Å². The van der Waals surface area contributed by atoms with Crippen LogP contribution < -0.4 is 14.9 Å². The molecule has 0 saturated heterocycles. The average molecular weight is 450 g/mol. The van der Waals surface area contributed by atoms with Crippen LogP contribution in [-0.2, 0) is 0 Å². The molecule has 0 aliphatic carbocycles. The number of hydrogen-bond acceptors (Lipinski definition) is 5. The first-order valence-electron chi connectivity index (χ1n) is 9.42. The minimum Gasteiger partial charge on any atom is -0.493 e. The van der Waals surface area contributed by atoms with Crippen molar-refractivity contribution in [1.29, 1.82) is 0 Å². The molecule has 0 unspecified atom stereocenters. The highest BCUT2D eigenvalue weighted by Crippen LogP contribution is 2.37. The zero-order valence-electron chi connectivity index (χ0n) is 17.1. The number of halogens is 2. The highest BCUT2D eigenvalue weighted by molar-refractivity contribution is 6.30. The van der Waals surface area contributed by atoms with Crippen molar-refractivity contribution in [2.24, 2.45) is 5.92 Å². The lowest BCUT2D eigenvalue weighted by atomic mass is 10.0. The van der Waals surface area contributed by atoms with Gasteiger partial charge in [-0.15, -0.1) is 0 Å². The normalized spacial score (nSPS) is 12.2. The van der Waals surface area contributed by atoms with Crippen LogP contribution in [0.15, 0.2) is 41.3 Å². The molecule has 0 radical (unpaired) electrons. The zero-order valence-corrected chi connectivity index (χ0v) is 17.8. The van der Waals surface area contributed by atoms with Gasteiger partial charge in [-0.1, -0.05) is 31.5 Å². The fraction of sp³-hybridized carbons (Fsp3) is 0.273. The van der Waals surface area contributed by atoms with E-state index in [9.17, 15) is 24.2 Å². The Morgan fingerprint density at radius 1 is 1.23 bits per heavy atom. The van der Waals surface area contributed by atoms with Crippen molar-refractivity contribution in [3.8, 4) is 17.2 Å². The number of carbonyl (C=O) groups is 1. The van der Waals surface area contributed by atoms with Gasteiger partial charge in [0.1, 0.15) is 5.56 Å². The smallest absolute Gasteiger partial charge is 0.341 e. The number of ether oxygens (including phenoxy) is 2. The van der Waals surface area contributed by atoms with Crippen LogP contribution in [0.1, 0.15) is 30.2 Å². The summed E-state index contributed by atoms with van der Waals surface area (Å²) in [6, 6.07) is 6.51. The third-order valence-corrected chi connectivity index (χ3v) is 5.29. The first-order chi connectivity index (χ1) is 14.7. The Labute approximate surface area is 182 Å². The van der Waals surface area contributed by atoms with E-state index in [0.717, 1.165) is 0 Å². The van der Waals surface area contributed by atoms with E-state index in [4.69, 9.17) is 21.1 Å². The summed E-state index contributed by atoms with van der Waals surface area (Å²) in [7, 11) is 1.38. The number of aliphatic hydroxyl groups excluding tert-OH is 1. The van der Waals surface area contributed by atoms with E-state index < -0.39 is 28.8 Å². The molecule has 0 saturated carbocycles. The van der Waals surface area contributed by atoms with E-state index in [2.05, 4.69) is 0 Å². The topological polar surface area (TPSA) is 98.0 Å². The lowest BCUT2D eigenvalue weighted by molar-refractivity contribution is 0.0694. The molecule has 1 heterocycles. The number of carboxylic acids is 1. The summed E-state index contributed by atoms with van der Waals surface area (Å²) in [6.45, 7) is 3.45. The number of aromatic nitrogens is 1. The van der Waals surface area contributed by atoms with Crippen molar-refractivity contribution in [2.45, 2.75) is 19.9 Å². The number of fused-ring (bicyclic) bond motifs is 1. The molecule has 31 heavy (non-hydrogen) atoms. The van der Waals surface area contributed by atoms with E-state index in [1.807, 2.05) is 13.8 Å². The summed E-state index contributed by atoms with van der Waals surface area (Å²) in [5.41, 5.74) is -0.853. The highest BCUT2D eigenvalue weighted by atomic mass is 35.5. The van der Waals surface area contributed by atoms with Crippen molar-refractivity contribution in [3.63, 3.8) is 0 Å². The van der Waals surface area contributed by atoms with E-state index in [1.165, 1.54) is 48.2 Å². The number of benzene rings is 2. The number of carboxylic acid groups (broad SMARTS) is 1. The van der Waals surface area contributed by atoms with Gasteiger partial charge in [0.2, 0.25) is 5.43 Å². The number of aliphatic hydroxyl groups is 1. The summed E-state index contributed by atoms with van der Waals surface area (Å²) < 4.78 is 26.8. The minimum atomic E-state index is -1.40. The predicted molar refractivity (Wildman–Crippen MR) is 114 cm³/mol. The second-order valence-electron chi connectivity index (χ2n) is 7.25. The molecule has 0 bridgehead atoms.